The van der Waals surface area contributed by atoms with Gasteiger partial charge in [0.15, 0.2) is 0 Å². The smallest absolute Gasteiger partial charge is 0.226 e. The molecule has 1 saturated heterocycles. The maximum atomic E-state index is 12.6. The van der Waals surface area contributed by atoms with Crippen molar-refractivity contribution in [1.82, 2.24) is 4.90 Å². The molecule has 1 aliphatic heterocycles. The first kappa shape index (κ1) is 18.8. The number of ether oxygens (including phenoxy) is 2. The van der Waals surface area contributed by atoms with Crippen LogP contribution in [0, 0.1) is 11.8 Å². The van der Waals surface area contributed by atoms with Crippen LogP contribution in [0.15, 0.2) is 30.4 Å². The fourth-order valence-electron chi connectivity index (χ4n) is 4.10. The molecule has 0 aromatic heterocycles. The number of piperidine rings is 1. The molecule has 1 aromatic carbocycles. The first-order valence-corrected chi connectivity index (χ1v) is 9.85. The first-order valence-electron chi connectivity index (χ1n) is 9.85. The van der Waals surface area contributed by atoms with Crippen LogP contribution in [0.1, 0.15) is 44.1 Å². The van der Waals surface area contributed by atoms with Gasteiger partial charge in [0.25, 0.3) is 0 Å². The van der Waals surface area contributed by atoms with Crippen LogP contribution in [0.5, 0.6) is 11.5 Å². The molecule has 2 aliphatic rings. The van der Waals surface area contributed by atoms with Crippen molar-refractivity contribution in [1.29, 1.82) is 0 Å². The summed E-state index contributed by atoms with van der Waals surface area (Å²) in [5.74, 6) is 3.00. The maximum Gasteiger partial charge on any atom is 0.226 e. The van der Waals surface area contributed by atoms with Crippen LogP contribution >= 0.6 is 0 Å². The molecule has 1 fully saturated rings. The van der Waals surface area contributed by atoms with Gasteiger partial charge >= 0.3 is 0 Å². The fourth-order valence-corrected chi connectivity index (χ4v) is 4.10. The quantitative estimate of drug-likeness (QED) is 0.715. The lowest BCUT2D eigenvalue weighted by Gasteiger charge is -2.34. The highest BCUT2D eigenvalue weighted by molar-refractivity contribution is 5.79. The third-order valence-corrected chi connectivity index (χ3v) is 5.80. The van der Waals surface area contributed by atoms with E-state index in [1.165, 1.54) is 5.56 Å². The average Bonchev–Trinajstić information content (AvgIpc) is 2.72. The van der Waals surface area contributed by atoms with Crippen molar-refractivity contribution in [3.8, 4) is 11.5 Å². The van der Waals surface area contributed by atoms with Crippen LogP contribution in [0.2, 0.25) is 0 Å². The van der Waals surface area contributed by atoms with Gasteiger partial charge in [-0.2, -0.15) is 0 Å². The van der Waals surface area contributed by atoms with Crippen molar-refractivity contribution in [2.45, 2.75) is 44.9 Å². The van der Waals surface area contributed by atoms with Crippen LogP contribution in [0.25, 0.3) is 0 Å². The second kappa shape index (κ2) is 9.11. The van der Waals surface area contributed by atoms with Crippen LogP contribution < -0.4 is 9.47 Å². The molecule has 0 bridgehead atoms. The van der Waals surface area contributed by atoms with E-state index in [4.69, 9.17) is 9.47 Å². The van der Waals surface area contributed by atoms with Crippen LogP contribution in [0.3, 0.4) is 0 Å². The number of hydrogen-bond donors (Lipinski definition) is 0. The number of carbonyl (C=O) groups is 1. The molecule has 4 heteroatoms. The lowest BCUT2D eigenvalue weighted by Crippen LogP contribution is -2.42. The summed E-state index contributed by atoms with van der Waals surface area (Å²) in [6.45, 7) is 1.84. The minimum Gasteiger partial charge on any atom is -0.497 e. The number of amides is 1. The second-order valence-electron chi connectivity index (χ2n) is 7.51. The van der Waals surface area contributed by atoms with Crippen molar-refractivity contribution in [3.63, 3.8) is 0 Å². The zero-order chi connectivity index (χ0) is 18.4. The van der Waals surface area contributed by atoms with E-state index in [0.29, 0.717) is 11.8 Å². The Balaban J connectivity index is 1.47. The highest BCUT2D eigenvalue weighted by atomic mass is 16.5. The minimum absolute atomic E-state index is 0.223. The summed E-state index contributed by atoms with van der Waals surface area (Å²) in [6, 6.07) is 6.10. The van der Waals surface area contributed by atoms with Crippen LogP contribution in [0.4, 0.5) is 0 Å². The summed E-state index contributed by atoms with van der Waals surface area (Å²) >= 11 is 0. The average molecular weight is 357 g/mol. The Morgan fingerprint density at radius 2 is 1.73 bits per heavy atom. The molecule has 0 unspecified atom stereocenters. The molecule has 0 saturated carbocycles. The Labute approximate surface area is 157 Å². The molecule has 4 nitrogen and oxygen atoms in total. The molecular formula is C22H31NO3. The molecule has 3 rings (SSSR count). The molecule has 1 aliphatic carbocycles. The van der Waals surface area contributed by atoms with Crippen molar-refractivity contribution >= 4 is 5.91 Å². The monoisotopic (exact) mass is 357 g/mol. The van der Waals surface area contributed by atoms with Gasteiger partial charge in [-0.05, 0) is 68.6 Å². The molecule has 26 heavy (non-hydrogen) atoms. The Morgan fingerprint density at radius 3 is 2.31 bits per heavy atom. The van der Waals surface area contributed by atoms with E-state index < -0.39 is 0 Å². The van der Waals surface area contributed by atoms with E-state index in [0.717, 1.165) is 69.5 Å². The molecule has 1 aromatic rings. The van der Waals surface area contributed by atoms with E-state index in [-0.39, 0.29) is 5.92 Å². The van der Waals surface area contributed by atoms with Gasteiger partial charge in [-0.3, -0.25) is 4.79 Å². The van der Waals surface area contributed by atoms with Crippen LogP contribution in [-0.2, 0) is 11.2 Å². The third-order valence-electron chi connectivity index (χ3n) is 5.80. The number of hydrogen-bond acceptors (Lipinski definition) is 3. The normalized spacial score (nSPS) is 20.8. The number of benzene rings is 1. The van der Waals surface area contributed by atoms with Crippen molar-refractivity contribution in [3.05, 3.63) is 35.9 Å². The lowest BCUT2D eigenvalue weighted by atomic mass is 9.88. The topological polar surface area (TPSA) is 38.8 Å². The van der Waals surface area contributed by atoms with Crippen molar-refractivity contribution < 1.29 is 14.3 Å². The van der Waals surface area contributed by atoms with E-state index in [9.17, 15) is 4.79 Å². The Bertz CT molecular complexity index is 610. The fraction of sp³-hybridized carbons (Fsp3) is 0.591. The number of methoxy groups -OCH3 is 2. The van der Waals surface area contributed by atoms with E-state index in [1.54, 1.807) is 14.2 Å². The largest absolute Gasteiger partial charge is 0.497 e. The standard InChI is InChI=1S/C22H31NO3/c1-25-20-14-18(15-21(16-20)26-2)9-8-17-10-12-23(13-11-17)22(24)19-6-4-3-5-7-19/h3-4,14-17,19H,5-13H2,1-2H3/t19-/m0/s1. The Hall–Kier alpha value is -1.97. The SMILES string of the molecule is COc1cc(CCC2CCN(C(=O)[C@H]3CC=CCC3)CC2)cc(OC)c1. The van der Waals surface area contributed by atoms with Gasteiger partial charge in [0.05, 0.1) is 14.2 Å². The van der Waals surface area contributed by atoms with E-state index in [1.807, 2.05) is 6.07 Å². The summed E-state index contributed by atoms with van der Waals surface area (Å²) in [6.07, 6.45) is 11.8. The van der Waals surface area contributed by atoms with Gasteiger partial charge in [0.2, 0.25) is 5.91 Å². The Kier molecular flexibility index (Phi) is 6.59. The number of aryl methyl sites for hydroxylation is 1. The summed E-state index contributed by atoms with van der Waals surface area (Å²) in [7, 11) is 3.38. The summed E-state index contributed by atoms with van der Waals surface area (Å²) in [4.78, 5) is 14.8. The lowest BCUT2D eigenvalue weighted by molar-refractivity contribution is -0.137. The van der Waals surface area contributed by atoms with E-state index >= 15 is 0 Å². The molecule has 142 valence electrons. The van der Waals surface area contributed by atoms with Gasteiger partial charge in [-0.1, -0.05) is 12.2 Å². The van der Waals surface area contributed by atoms with Gasteiger partial charge in [-0.25, -0.2) is 0 Å². The first-order chi connectivity index (χ1) is 12.7. The van der Waals surface area contributed by atoms with E-state index in [2.05, 4.69) is 29.2 Å². The number of rotatable bonds is 6. The van der Waals surface area contributed by atoms with Crippen molar-refractivity contribution in [2.75, 3.05) is 27.3 Å². The second-order valence-corrected chi connectivity index (χ2v) is 7.51. The molecule has 0 spiro atoms. The molecular weight excluding hydrogens is 326 g/mol. The molecule has 1 amide bonds. The zero-order valence-corrected chi connectivity index (χ0v) is 16.1. The highest BCUT2D eigenvalue weighted by Gasteiger charge is 2.28. The number of allylic oxidation sites excluding steroid dienone is 2. The Morgan fingerprint density at radius 1 is 1.04 bits per heavy atom. The third kappa shape index (κ3) is 4.80. The summed E-state index contributed by atoms with van der Waals surface area (Å²) in [5.41, 5.74) is 1.26. The van der Waals surface area contributed by atoms with Gasteiger partial charge < -0.3 is 14.4 Å². The predicted molar refractivity (Wildman–Crippen MR) is 104 cm³/mol. The number of carbonyl (C=O) groups excluding carboxylic acids is 1. The summed E-state index contributed by atoms with van der Waals surface area (Å²) in [5, 5.41) is 0. The van der Waals surface area contributed by atoms with Gasteiger partial charge in [-0.15, -0.1) is 0 Å². The predicted octanol–water partition coefficient (Wildman–Crippen LogP) is 4.23. The molecule has 1 heterocycles. The van der Waals surface area contributed by atoms with Gasteiger partial charge in [0, 0.05) is 25.1 Å². The zero-order valence-electron chi connectivity index (χ0n) is 16.1. The molecule has 1 atom stereocenters. The maximum absolute atomic E-state index is 12.6. The molecule has 0 radical (unpaired) electrons. The summed E-state index contributed by atoms with van der Waals surface area (Å²) < 4.78 is 10.7. The van der Waals surface area contributed by atoms with Crippen LogP contribution in [-0.4, -0.2) is 38.1 Å². The van der Waals surface area contributed by atoms with Crippen molar-refractivity contribution in [2.24, 2.45) is 11.8 Å². The minimum atomic E-state index is 0.223. The molecule has 0 N–H and O–H groups in total. The van der Waals surface area contributed by atoms with Gasteiger partial charge in [0.1, 0.15) is 11.5 Å². The number of likely N-dealkylation sites (tertiary alicyclic amines) is 1. The number of nitrogens with zero attached hydrogens (tertiary/aromatic N) is 1. The highest BCUT2D eigenvalue weighted by Crippen LogP contribution is 2.28.